The summed E-state index contributed by atoms with van der Waals surface area (Å²) in [5, 5.41) is 3.32. The number of ether oxygens (including phenoxy) is 2. The topological polar surface area (TPSA) is 82.4 Å². The summed E-state index contributed by atoms with van der Waals surface area (Å²) in [4.78, 5) is 29.0. The SMILES string of the molecule is COc1ccc(OC)c(NC(=O)CCn2cnc3ccccc3c2=O)c1. The standard InChI is InChI=1S/C19H19N3O4/c1-25-13-7-8-17(26-2)16(11-13)21-18(23)9-10-22-12-20-15-6-4-3-5-14(15)19(22)24/h3-8,11-12H,9-10H2,1-2H3,(H,21,23). The lowest BCUT2D eigenvalue weighted by Crippen LogP contribution is -2.23. The summed E-state index contributed by atoms with van der Waals surface area (Å²) in [5.41, 5.74) is 0.988. The van der Waals surface area contributed by atoms with Crippen LogP contribution in [0.4, 0.5) is 5.69 Å². The average molecular weight is 353 g/mol. The monoisotopic (exact) mass is 353 g/mol. The van der Waals surface area contributed by atoms with Gasteiger partial charge in [0.15, 0.2) is 0 Å². The molecular formula is C19H19N3O4. The van der Waals surface area contributed by atoms with E-state index in [2.05, 4.69) is 10.3 Å². The molecule has 0 radical (unpaired) electrons. The van der Waals surface area contributed by atoms with Gasteiger partial charge in [-0.1, -0.05) is 12.1 Å². The van der Waals surface area contributed by atoms with Gasteiger partial charge < -0.3 is 14.8 Å². The van der Waals surface area contributed by atoms with Gasteiger partial charge in [-0.2, -0.15) is 0 Å². The molecule has 0 spiro atoms. The molecule has 1 aromatic heterocycles. The maximum absolute atomic E-state index is 12.4. The number of hydrogen-bond acceptors (Lipinski definition) is 5. The van der Waals surface area contributed by atoms with Crippen molar-refractivity contribution in [1.29, 1.82) is 0 Å². The molecule has 0 saturated carbocycles. The number of rotatable bonds is 6. The van der Waals surface area contributed by atoms with Crippen LogP contribution in [0, 0.1) is 0 Å². The zero-order valence-corrected chi connectivity index (χ0v) is 14.6. The van der Waals surface area contributed by atoms with Crippen molar-refractivity contribution >= 4 is 22.5 Å². The molecule has 0 aliphatic carbocycles. The number of benzene rings is 2. The third kappa shape index (κ3) is 3.66. The lowest BCUT2D eigenvalue weighted by Gasteiger charge is -2.12. The molecule has 0 unspecified atom stereocenters. The minimum Gasteiger partial charge on any atom is -0.497 e. The number of carbonyl (C=O) groups is 1. The van der Waals surface area contributed by atoms with Gasteiger partial charge in [0.1, 0.15) is 11.5 Å². The second-order valence-electron chi connectivity index (χ2n) is 5.62. The molecule has 2 aromatic carbocycles. The molecule has 1 N–H and O–H groups in total. The summed E-state index contributed by atoms with van der Waals surface area (Å²) in [6, 6.07) is 12.3. The zero-order valence-electron chi connectivity index (χ0n) is 14.6. The normalized spacial score (nSPS) is 10.5. The Morgan fingerprint density at radius 3 is 2.73 bits per heavy atom. The van der Waals surface area contributed by atoms with E-state index in [0.717, 1.165) is 0 Å². The molecule has 7 heteroatoms. The number of fused-ring (bicyclic) bond motifs is 1. The fourth-order valence-corrected chi connectivity index (χ4v) is 2.61. The minimum absolute atomic E-state index is 0.125. The summed E-state index contributed by atoms with van der Waals surface area (Å²) >= 11 is 0. The van der Waals surface area contributed by atoms with Gasteiger partial charge in [-0.3, -0.25) is 14.2 Å². The first-order valence-corrected chi connectivity index (χ1v) is 8.08. The number of aromatic nitrogens is 2. The van der Waals surface area contributed by atoms with Gasteiger partial charge in [0.2, 0.25) is 5.91 Å². The number of aryl methyl sites for hydroxylation is 1. The number of nitrogens with one attached hydrogen (secondary N) is 1. The summed E-state index contributed by atoms with van der Waals surface area (Å²) in [5.74, 6) is 0.899. The molecule has 3 rings (SSSR count). The molecule has 0 bridgehead atoms. The number of methoxy groups -OCH3 is 2. The molecule has 0 fully saturated rings. The summed E-state index contributed by atoms with van der Waals surface area (Å²) in [6.07, 6.45) is 1.59. The van der Waals surface area contributed by atoms with E-state index in [9.17, 15) is 9.59 Å². The zero-order chi connectivity index (χ0) is 18.5. The Labute approximate surface area is 150 Å². The van der Waals surface area contributed by atoms with Crippen molar-refractivity contribution in [2.75, 3.05) is 19.5 Å². The van der Waals surface area contributed by atoms with E-state index in [0.29, 0.717) is 28.1 Å². The molecule has 1 amide bonds. The van der Waals surface area contributed by atoms with Crippen LogP contribution in [0.15, 0.2) is 53.6 Å². The smallest absolute Gasteiger partial charge is 0.261 e. The molecular weight excluding hydrogens is 334 g/mol. The highest BCUT2D eigenvalue weighted by atomic mass is 16.5. The quantitative estimate of drug-likeness (QED) is 0.736. The largest absolute Gasteiger partial charge is 0.497 e. The van der Waals surface area contributed by atoms with Crippen LogP contribution in [-0.4, -0.2) is 29.7 Å². The molecule has 134 valence electrons. The molecule has 0 aliphatic rings. The van der Waals surface area contributed by atoms with Gasteiger partial charge in [-0.15, -0.1) is 0 Å². The van der Waals surface area contributed by atoms with Gasteiger partial charge in [0.25, 0.3) is 5.56 Å². The van der Waals surface area contributed by atoms with E-state index in [1.54, 1.807) is 43.5 Å². The Balaban J connectivity index is 1.72. The highest BCUT2D eigenvalue weighted by molar-refractivity contribution is 5.92. The van der Waals surface area contributed by atoms with Gasteiger partial charge in [-0.05, 0) is 24.3 Å². The highest BCUT2D eigenvalue weighted by Crippen LogP contribution is 2.28. The van der Waals surface area contributed by atoms with Crippen LogP contribution in [0.5, 0.6) is 11.5 Å². The predicted molar refractivity (Wildman–Crippen MR) is 98.8 cm³/mol. The third-order valence-corrected chi connectivity index (χ3v) is 3.99. The Bertz CT molecular complexity index is 997. The molecule has 26 heavy (non-hydrogen) atoms. The van der Waals surface area contributed by atoms with Crippen LogP contribution in [0.2, 0.25) is 0 Å². The van der Waals surface area contributed by atoms with Gasteiger partial charge in [-0.25, -0.2) is 4.98 Å². The van der Waals surface area contributed by atoms with Crippen molar-refractivity contribution in [3.8, 4) is 11.5 Å². The molecule has 0 saturated heterocycles. The number of hydrogen-bond donors (Lipinski definition) is 1. The molecule has 7 nitrogen and oxygen atoms in total. The Morgan fingerprint density at radius 1 is 1.15 bits per heavy atom. The van der Waals surface area contributed by atoms with Crippen LogP contribution in [0.25, 0.3) is 10.9 Å². The molecule has 0 atom stereocenters. The summed E-state index contributed by atoms with van der Waals surface area (Å²) in [6.45, 7) is 0.231. The van der Waals surface area contributed by atoms with Crippen molar-refractivity contribution in [3.63, 3.8) is 0 Å². The van der Waals surface area contributed by atoms with Crippen molar-refractivity contribution in [1.82, 2.24) is 9.55 Å². The maximum atomic E-state index is 12.4. The summed E-state index contributed by atoms with van der Waals surface area (Å²) < 4.78 is 11.8. The molecule has 0 aliphatic heterocycles. The second kappa shape index (κ2) is 7.69. The van der Waals surface area contributed by atoms with E-state index >= 15 is 0 Å². The van der Waals surface area contributed by atoms with E-state index in [1.807, 2.05) is 6.07 Å². The van der Waals surface area contributed by atoms with E-state index in [-0.39, 0.29) is 24.4 Å². The fraction of sp³-hybridized carbons (Fsp3) is 0.211. The van der Waals surface area contributed by atoms with Crippen LogP contribution >= 0.6 is 0 Å². The van der Waals surface area contributed by atoms with E-state index < -0.39 is 0 Å². The number of para-hydroxylation sites is 1. The third-order valence-electron chi connectivity index (χ3n) is 3.99. The first kappa shape index (κ1) is 17.5. The Kier molecular flexibility index (Phi) is 5.17. The second-order valence-corrected chi connectivity index (χ2v) is 5.62. The van der Waals surface area contributed by atoms with Crippen LogP contribution in [0.3, 0.4) is 0 Å². The van der Waals surface area contributed by atoms with Gasteiger partial charge >= 0.3 is 0 Å². The fourth-order valence-electron chi connectivity index (χ4n) is 2.61. The minimum atomic E-state index is -0.239. The maximum Gasteiger partial charge on any atom is 0.261 e. The molecule has 3 aromatic rings. The average Bonchev–Trinajstić information content (AvgIpc) is 2.67. The number of amides is 1. The lowest BCUT2D eigenvalue weighted by molar-refractivity contribution is -0.116. The van der Waals surface area contributed by atoms with Crippen molar-refractivity contribution in [3.05, 3.63) is 59.1 Å². The Morgan fingerprint density at radius 2 is 1.96 bits per heavy atom. The first-order valence-electron chi connectivity index (χ1n) is 8.08. The van der Waals surface area contributed by atoms with Gasteiger partial charge in [0.05, 0.1) is 37.1 Å². The van der Waals surface area contributed by atoms with Gasteiger partial charge in [0, 0.05) is 19.0 Å². The van der Waals surface area contributed by atoms with E-state index in [4.69, 9.17) is 9.47 Å². The van der Waals surface area contributed by atoms with Crippen LogP contribution < -0.4 is 20.3 Å². The molecule has 1 heterocycles. The van der Waals surface area contributed by atoms with Crippen molar-refractivity contribution in [2.45, 2.75) is 13.0 Å². The van der Waals surface area contributed by atoms with Crippen molar-refractivity contribution in [2.24, 2.45) is 0 Å². The Hall–Kier alpha value is -3.35. The van der Waals surface area contributed by atoms with E-state index in [1.165, 1.54) is 18.0 Å². The highest BCUT2D eigenvalue weighted by Gasteiger charge is 2.10. The van der Waals surface area contributed by atoms with Crippen LogP contribution in [0.1, 0.15) is 6.42 Å². The first-order chi connectivity index (χ1) is 12.6. The summed E-state index contributed by atoms with van der Waals surface area (Å²) in [7, 11) is 3.07. The number of carbonyl (C=O) groups excluding carboxylic acids is 1. The number of anilines is 1. The van der Waals surface area contributed by atoms with Crippen molar-refractivity contribution < 1.29 is 14.3 Å². The van der Waals surface area contributed by atoms with Crippen LogP contribution in [-0.2, 0) is 11.3 Å². The predicted octanol–water partition coefficient (Wildman–Crippen LogP) is 2.44. The number of nitrogens with zero attached hydrogens (tertiary/aromatic N) is 2. The lowest BCUT2D eigenvalue weighted by atomic mass is 10.2.